The molecule has 2 amide bonds. The smallest absolute Gasteiger partial charge is 0.236 e. The van der Waals surface area contributed by atoms with Crippen LogP contribution < -0.4 is 0 Å². The molecule has 0 spiro atoms. The van der Waals surface area contributed by atoms with Gasteiger partial charge in [-0.1, -0.05) is 26.7 Å². The third-order valence-corrected chi connectivity index (χ3v) is 4.50. The minimum atomic E-state index is 0.0651. The Balaban J connectivity index is 1.75. The van der Waals surface area contributed by atoms with Crippen molar-refractivity contribution in [1.29, 1.82) is 0 Å². The van der Waals surface area contributed by atoms with Gasteiger partial charge in [-0.3, -0.25) is 14.5 Å². The van der Waals surface area contributed by atoms with Gasteiger partial charge in [0.2, 0.25) is 11.8 Å². The first kappa shape index (κ1) is 16.3. The summed E-state index contributed by atoms with van der Waals surface area (Å²) in [6.45, 7) is 9.39. The molecule has 0 aromatic heterocycles. The Labute approximate surface area is 128 Å². The first-order valence-corrected chi connectivity index (χ1v) is 8.37. The monoisotopic (exact) mass is 295 g/mol. The van der Waals surface area contributed by atoms with Gasteiger partial charge < -0.3 is 9.80 Å². The zero-order valence-electron chi connectivity index (χ0n) is 13.5. The van der Waals surface area contributed by atoms with E-state index in [4.69, 9.17) is 0 Å². The molecule has 0 saturated carbocycles. The fourth-order valence-corrected chi connectivity index (χ4v) is 3.10. The molecule has 0 radical (unpaired) electrons. The molecule has 0 aromatic rings. The van der Waals surface area contributed by atoms with Crippen LogP contribution in [0.4, 0.5) is 0 Å². The van der Waals surface area contributed by atoms with Crippen LogP contribution in [0.3, 0.4) is 0 Å². The van der Waals surface area contributed by atoms with Crippen molar-refractivity contribution in [3.05, 3.63) is 0 Å². The van der Waals surface area contributed by atoms with E-state index in [1.54, 1.807) is 0 Å². The zero-order chi connectivity index (χ0) is 15.2. The highest BCUT2D eigenvalue weighted by Gasteiger charge is 2.25. The predicted octanol–water partition coefficient (Wildman–Crippen LogP) is 1.19. The molecule has 21 heavy (non-hydrogen) atoms. The second-order valence-electron chi connectivity index (χ2n) is 6.55. The summed E-state index contributed by atoms with van der Waals surface area (Å²) in [5, 5.41) is 0. The number of hydrogen-bond acceptors (Lipinski definition) is 3. The van der Waals surface area contributed by atoms with Crippen LogP contribution in [0.15, 0.2) is 0 Å². The summed E-state index contributed by atoms with van der Waals surface area (Å²) in [5.41, 5.74) is 0. The minimum absolute atomic E-state index is 0.0651. The Morgan fingerprint density at radius 2 is 1.38 bits per heavy atom. The Bertz CT molecular complexity index is 355. The molecule has 2 heterocycles. The third-order valence-electron chi connectivity index (χ3n) is 4.50. The molecule has 120 valence electrons. The summed E-state index contributed by atoms with van der Waals surface area (Å²) < 4.78 is 0. The number of carbonyl (C=O) groups is 2. The number of rotatable bonds is 3. The van der Waals surface area contributed by atoms with E-state index in [2.05, 4.69) is 4.90 Å². The van der Waals surface area contributed by atoms with Crippen LogP contribution in [0, 0.1) is 5.92 Å². The maximum atomic E-state index is 12.3. The molecule has 2 rings (SSSR count). The van der Waals surface area contributed by atoms with Gasteiger partial charge in [-0.2, -0.15) is 0 Å². The minimum Gasteiger partial charge on any atom is -0.342 e. The molecule has 0 unspecified atom stereocenters. The van der Waals surface area contributed by atoms with E-state index in [0.717, 1.165) is 52.1 Å². The lowest BCUT2D eigenvalue weighted by Crippen LogP contribution is -2.52. The second-order valence-corrected chi connectivity index (χ2v) is 6.55. The van der Waals surface area contributed by atoms with Crippen LogP contribution in [0.5, 0.6) is 0 Å². The molecule has 0 atom stereocenters. The Morgan fingerprint density at radius 3 is 1.90 bits per heavy atom. The van der Waals surface area contributed by atoms with E-state index in [0.29, 0.717) is 6.54 Å². The third kappa shape index (κ3) is 4.70. The molecular weight excluding hydrogens is 266 g/mol. The van der Waals surface area contributed by atoms with Crippen molar-refractivity contribution in [2.45, 2.75) is 39.5 Å². The van der Waals surface area contributed by atoms with Crippen LogP contribution in [0.2, 0.25) is 0 Å². The van der Waals surface area contributed by atoms with Gasteiger partial charge in [0.05, 0.1) is 6.54 Å². The maximum absolute atomic E-state index is 12.3. The van der Waals surface area contributed by atoms with Crippen LogP contribution in [0.1, 0.15) is 39.5 Å². The molecular formula is C16H29N3O2. The number of hydrogen-bond donors (Lipinski definition) is 0. The summed E-state index contributed by atoms with van der Waals surface area (Å²) in [5.74, 6) is 0.560. The van der Waals surface area contributed by atoms with Gasteiger partial charge in [-0.05, 0) is 12.8 Å². The van der Waals surface area contributed by atoms with Gasteiger partial charge in [0.25, 0.3) is 0 Å². The van der Waals surface area contributed by atoms with E-state index in [-0.39, 0.29) is 17.7 Å². The van der Waals surface area contributed by atoms with Crippen molar-refractivity contribution < 1.29 is 9.59 Å². The highest BCUT2D eigenvalue weighted by atomic mass is 16.2. The van der Waals surface area contributed by atoms with Gasteiger partial charge in [0, 0.05) is 45.2 Å². The summed E-state index contributed by atoms with van der Waals surface area (Å²) in [7, 11) is 0. The lowest BCUT2D eigenvalue weighted by atomic mass is 10.1. The summed E-state index contributed by atoms with van der Waals surface area (Å²) in [6, 6.07) is 0. The number of nitrogens with zero attached hydrogens (tertiary/aromatic N) is 3. The van der Waals surface area contributed by atoms with Crippen molar-refractivity contribution in [2.75, 3.05) is 45.8 Å². The molecule has 0 N–H and O–H groups in total. The van der Waals surface area contributed by atoms with Gasteiger partial charge in [0.15, 0.2) is 0 Å². The number of piperazine rings is 1. The van der Waals surface area contributed by atoms with E-state index in [9.17, 15) is 9.59 Å². The summed E-state index contributed by atoms with van der Waals surface area (Å²) in [6.07, 6.45) is 4.78. The van der Waals surface area contributed by atoms with Crippen LogP contribution in [-0.2, 0) is 9.59 Å². The number of amides is 2. The van der Waals surface area contributed by atoms with E-state index >= 15 is 0 Å². The molecule has 5 nitrogen and oxygen atoms in total. The first-order valence-electron chi connectivity index (χ1n) is 8.37. The lowest BCUT2D eigenvalue weighted by molar-refractivity contribution is -0.137. The molecule has 2 aliphatic rings. The zero-order valence-corrected chi connectivity index (χ0v) is 13.5. The van der Waals surface area contributed by atoms with Crippen molar-refractivity contribution in [1.82, 2.24) is 14.7 Å². The summed E-state index contributed by atoms with van der Waals surface area (Å²) in [4.78, 5) is 30.4. The predicted molar refractivity (Wildman–Crippen MR) is 82.9 cm³/mol. The van der Waals surface area contributed by atoms with Crippen LogP contribution >= 0.6 is 0 Å². The molecule has 5 heteroatoms. The van der Waals surface area contributed by atoms with Gasteiger partial charge in [-0.25, -0.2) is 0 Å². The first-order chi connectivity index (χ1) is 10.1. The molecule has 0 aromatic carbocycles. The topological polar surface area (TPSA) is 43.9 Å². The molecule has 2 aliphatic heterocycles. The lowest BCUT2D eigenvalue weighted by Gasteiger charge is -2.36. The fraction of sp³-hybridized carbons (Fsp3) is 0.875. The van der Waals surface area contributed by atoms with Crippen molar-refractivity contribution in [3.63, 3.8) is 0 Å². The Morgan fingerprint density at radius 1 is 0.810 bits per heavy atom. The average molecular weight is 295 g/mol. The van der Waals surface area contributed by atoms with E-state index in [1.165, 1.54) is 12.8 Å². The normalized spacial score (nSPS) is 21.5. The van der Waals surface area contributed by atoms with Crippen molar-refractivity contribution in [2.24, 2.45) is 5.92 Å². The highest BCUT2D eigenvalue weighted by Crippen LogP contribution is 2.11. The Kier molecular flexibility index (Phi) is 6.03. The largest absolute Gasteiger partial charge is 0.342 e. The second kappa shape index (κ2) is 7.78. The highest BCUT2D eigenvalue weighted by molar-refractivity contribution is 5.79. The molecule has 2 fully saturated rings. The van der Waals surface area contributed by atoms with Crippen LogP contribution in [0.25, 0.3) is 0 Å². The fourth-order valence-electron chi connectivity index (χ4n) is 3.10. The van der Waals surface area contributed by atoms with Gasteiger partial charge in [-0.15, -0.1) is 0 Å². The molecule has 2 saturated heterocycles. The summed E-state index contributed by atoms with van der Waals surface area (Å²) >= 11 is 0. The maximum Gasteiger partial charge on any atom is 0.236 e. The standard InChI is InChI=1S/C16H29N3O2/c1-14(2)16(21)19-11-9-17(10-12-19)13-15(20)18-7-5-3-4-6-8-18/h14H,3-13H2,1-2H3. The van der Waals surface area contributed by atoms with E-state index < -0.39 is 0 Å². The Hall–Kier alpha value is -1.10. The van der Waals surface area contributed by atoms with Crippen molar-refractivity contribution >= 4 is 11.8 Å². The molecule has 0 aliphatic carbocycles. The van der Waals surface area contributed by atoms with Crippen molar-refractivity contribution in [3.8, 4) is 0 Å². The number of carbonyl (C=O) groups excluding carboxylic acids is 2. The van der Waals surface area contributed by atoms with Crippen LogP contribution in [-0.4, -0.2) is 72.3 Å². The SMILES string of the molecule is CC(C)C(=O)N1CCN(CC(=O)N2CCCCCC2)CC1. The molecule has 0 bridgehead atoms. The quantitative estimate of drug-likeness (QED) is 0.785. The number of likely N-dealkylation sites (tertiary alicyclic amines) is 1. The van der Waals surface area contributed by atoms with Gasteiger partial charge in [0.1, 0.15) is 0 Å². The average Bonchev–Trinajstić information content (AvgIpc) is 2.76. The van der Waals surface area contributed by atoms with E-state index in [1.807, 2.05) is 23.6 Å². The van der Waals surface area contributed by atoms with Gasteiger partial charge >= 0.3 is 0 Å².